The zero-order valence-corrected chi connectivity index (χ0v) is 29.6. The van der Waals surface area contributed by atoms with Gasteiger partial charge in [-0.3, -0.25) is 9.69 Å². The third-order valence-corrected chi connectivity index (χ3v) is 11.7. The highest BCUT2D eigenvalue weighted by Crippen LogP contribution is 2.49. The topological polar surface area (TPSA) is 148 Å². The van der Waals surface area contributed by atoms with Crippen LogP contribution in [-0.2, 0) is 20.4 Å². The van der Waals surface area contributed by atoms with Gasteiger partial charge >= 0.3 is 6.03 Å². The number of nitriles is 1. The van der Waals surface area contributed by atoms with Crippen LogP contribution in [0.5, 0.6) is 11.6 Å². The van der Waals surface area contributed by atoms with Crippen LogP contribution in [0, 0.1) is 11.3 Å². The molecule has 13 nitrogen and oxygen atoms in total. The van der Waals surface area contributed by atoms with Gasteiger partial charge in [0.2, 0.25) is 5.88 Å². The number of amides is 3. The minimum Gasteiger partial charge on any atom is -0.495 e. The number of para-hydroxylation sites is 1. The highest BCUT2D eigenvalue weighted by Gasteiger charge is 2.59. The van der Waals surface area contributed by atoms with Crippen molar-refractivity contribution in [1.29, 1.82) is 5.26 Å². The lowest BCUT2D eigenvalue weighted by Gasteiger charge is -2.44. The van der Waals surface area contributed by atoms with Gasteiger partial charge in [-0.25, -0.2) is 18.2 Å². The Morgan fingerprint density at radius 3 is 2.42 bits per heavy atom. The minimum absolute atomic E-state index is 0.0101. The van der Waals surface area contributed by atoms with E-state index >= 15 is 4.79 Å². The van der Waals surface area contributed by atoms with Crippen molar-refractivity contribution in [1.82, 2.24) is 25.0 Å². The van der Waals surface area contributed by atoms with Gasteiger partial charge in [-0.15, -0.1) is 0 Å². The molecule has 2 saturated heterocycles. The first kappa shape index (κ1) is 35.1. The molecule has 0 spiro atoms. The third-order valence-electron chi connectivity index (χ3n) is 9.94. The molecular formula is C36H43N7O6S. The number of rotatable bonds is 9. The molecule has 0 radical (unpaired) electrons. The first-order chi connectivity index (χ1) is 24.1. The van der Waals surface area contributed by atoms with E-state index in [4.69, 9.17) is 9.47 Å². The van der Waals surface area contributed by atoms with Crippen LogP contribution in [0.15, 0.2) is 65.7 Å². The molecule has 1 aromatic heterocycles. The average Bonchev–Trinajstić information content (AvgIpc) is 3.39. The maximum Gasteiger partial charge on any atom is 0.318 e. The van der Waals surface area contributed by atoms with E-state index in [9.17, 15) is 18.5 Å². The predicted molar refractivity (Wildman–Crippen MR) is 186 cm³/mol. The number of hydrogen-bond acceptors (Lipinski definition) is 10. The molecule has 1 unspecified atom stereocenters. The molecule has 1 N–H and O–H groups in total. The molecule has 3 aliphatic heterocycles. The summed E-state index contributed by atoms with van der Waals surface area (Å²) < 4.78 is 40.9. The zero-order chi connectivity index (χ0) is 35.6. The van der Waals surface area contributed by atoms with E-state index in [0.717, 1.165) is 25.9 Å². The molecule has 4 heterocycles. The summed E-state index contributed by atoms with van der Waals surface area (Å²) in [5.41, 5.74) is -1.70. The van der Waals surface area contributed by atoms with Crippen LogP contribution in [0.4, 0.5) is 10.5 Å². The number of urea groups is 1. The van der Waals surface area contributed by atoms with Crippen LogP contribution >= 0.6 is 0 Å². The number of piperidine rings is 1. The van der Waals surface area contributed by atoms with Crippen molar-refractivity contribution in [3.8, 4) is 17.7 Å². The molecule has 0 saturated carbocycles. The van der Waals surface area contributed by atoms with Gasteiger partial charge in [0, 0.05) is 50.0 Å². The summed E-state index contributed by atoms with van der Waals surface area (Å²) in [6.45, 7) is 10.6. The maximum absolute atomic E-state index is 15.1. The Bertz CT molecular complexity index is 1900. The number of hydrogen-bond donors (Lipinski definition) is 1. The number of aromatic nitrogens is 1. The first-order valence-corrected chi connectivity index (χ1v) is 18.4. The summed E-state index contributed by atoms with van der Waals surface area (Å²) in [5, 5.41) is 12.9. The summed E-state index contributed by atoms with van der Waals surface area (Å²) in [7, 11) is -3.27. The molecular weight excluding hydrogens is 659 g/mol. The second kappa shape index (κ2) is 14.3. The molecule has 2 fully saturated rings. The summed E-state index contributed by atoms with van der Waals surface area (Å²) in [6.07, 6.45) is 3.62. The molecule has 50 heavy (non-hydrogen) atoms. The molecule has 6 rings (SSSR count). The van der Waals surface area contributed by atoms with E-state index in [1.165, 1.54) is 49.7 Å². The van der Waals surface area contributed by atoms with Crippen LogP contribution in [0.25, 0.3) is 0 Å². The van der Waals surface area contributed by atoms with Crippen molar-refractivity contribution in [2.24, 2.45) is 0 Å². The van der Waals surface area contributed by atoms with Gasteiger partial charge in [-0.1, -0.05) is 12.1 Å². The van der Waals surface area contributed by atoms with Crippen molar-refractivity contribution < 1.29 is 27.5 Å². The second-order valence-electron chi connectivity index (χ2n) is 12.9. The number of fused-ring (bicyclic) bond motifs is 1. The van der Waals surface area contributed by atoms with Crippen LogP contribution in [0.3, 0.4) is 0 Å². The number of benzene rings is 2. The van der Waals surface area contributed by atoms with Crippen molar-refractivity contribution in [3.05, 3.63) is 77.5 Å². The van der Waals surface area contributed by atoms with Gasteiger partial charge in [0.1, 0.15) is 10.6 Å². The molecule has 0 aliphatic carbocycles. The number of sulfonamides is 1. The SMILES string of the molecule is CCOc1ncccc1C1(NC(=O)N2CCN(C3CCN(C(C)C)CC3)CC2)C(=O)N(S(=O)(=O)c2ccccc2OC)c2ccc(C#N)cc21. The number of carbonyl (C=O) groups is 2. The summed E-state index contributed by atoms with van der Waals surface area (Å²) in [5.74, 6) is -0.876. The van der Waals surface area contributed by atoms with E-state index < -0.39 is 27.5 Å². The minimum atomic E-state index is -4.62. The molecule has 0 bridgehead atoms. The number of piperazine rings is 1. The number of likely N-dealkylation sites (tertiary alicyclic amines) is 1. The Labute approximate surface area is 293 Å². The van der Waals surface area contributed by atoms with E-state index in [2.05, 4.69) is 40.0 Å². The Kier molecular flexibility index (Phi) is 10.0. The summed E-state index contributed by atoms with van der Waals surface area (Å²) in [6, 6.07) is 15.9. The highest BCUT2D eigenvalue weighted by atomic mass is 32.2. The normalized spacial score (nSPS) is 20.4. The maximum atomic E-state index is 15.1. The molecule has 2 aromatic carbocycles. The Morgan fingerprint density at radius 1 is 1.04 bits per heavy atom. The number of methoxy groups -OCH3 is 1. The Morgan fingerprint density at radius 2 is 1.76 bits per heavy atom. The van der Waals surface area contributed by atoms with Gasteiger partial charge in [0.25, 0.3) is 15.9 Å². The molecule has 3 aromatic rings. The number of pyridine rings is 1. The fourth-order valence-corrected chi connectivity index (χ4v) is 8.93. The third kappa shape index (κ3) is 6.14. The lowest BCUT2D eigenvalue weighted by atomic mass is 9.83. The largest absolute Gasteiger partial charge is 0.495 e. The standard InChI is InChI=1S/C36H43N7O6S/c1-5-49-33-28(9-8-16-38-33)36(39-35(45)42-21-19-41(20-22-42)27-14-17-40(18-15-27)25(2)3)29-23-26(24-37)12-13-30(29)43(34(36)44)50(46,47)32-11-7-6-10-31(32)48-4/h6-13,16,23,25,27H,5,14-15,17-22H2,1-4H3,(H,39,45). The van der Waals surface area contributed by atoms with Crippen molar-refractivity contribution in [3.63, 3.8) is 0 Å². The quantitative estimate of drug-likeness (QED) is 0.351. The molecule has 14 heteroatoms. The fourth-order valence-electron chi connectivity index (χ4n) is 7.30. The van der Waals surface area contributed by atoms with Crippen molar-refractivity contribution in [2.75, 3.05) is 57.3 Å². The summed E-state index contributed by atoms with van der Waals surface area (Å²) in [4.78, 5) is 40.2. The van der Waals surface area contributed by atoms with Gasteiger partial charge in [0.15, 0.2) is 5.54 Å². The van der Waals surface area contributed by atoms with Gasteiger partial charge in [0.05, 0.1) is 36.6 Å². The lowest BCUT2D eigenvalue weighted by molar-refractivity contribution is -0.121. The first-order valence-electron chi connectivity index (χ1n) is 17.0. The summed E-state index contributed by atoms with van der Waals surface area (Å²) >= 11 is 0. The van der Waals surface area contributed by atoms with E-state index in [1.807, 2.05) is 0 Å². The molecule has 3 amide bonds. The van der Waals surface area contributed by atoms with Crippen LogP contribution in [-0.4, -0.2) is 105 Å². The number of anilines is 1. The van der Waals surface area contributed by atoms with E-state index in [0.29, 0.717) is 42.6 Å². The fraction of sp³-hybridized carbons (Fsp3) is 0.444. The second-order valence-corrected chi connectivity index (χ2v) is 14.7. The number of carbonyl (C=O) groups excluding carboxylic acids is 2. The number of nitrogens with zero attached hydrogens (tertiary/aromatic N) is 6. The van der Waals surface area contributed by atoms with Gasteiger partial charge in [-0.2, -0.15) is 9.57 Å². The molecule has 1 atom stereocenters. The van der Waals surface area contributed by atoms with Crippen molar-refractivity contribution >= 4 is 27.6 Å². The number of nitrogens with one attached hydrogen (secondary N) is 1. The smallest absolute Gasteiger partial charge is 0.318 e. The van der Waals surface area contributed by atoms with Crippen molar-refractivity contribution in [2.45, 2.75) is 56.1 Å². The van der Waals surface area contributed by atoms with Crippen LogP contribution in [0.2, 0.25) is 0 Å². The molecule has 264 valence electrons. The van der Waals surface area contributed by atoms with Gasteiger partial charge in [-0.05, 0) is 89.2 Å². The van der Waals surface area contributed by atoms with Crippen LogP contribution in [0.1, 0.15) is 50.3 Å². The Hall–Kier alpha value is -4.71. The van der Waals surface area contributed by atoms with E-state index in [1.54, 1.807) is 30.0 Å². The Balaban J connectivity index is 1.40. The van der Waals surface area contributed by atoms with Gasteiger partial charge < -0.3 is 24.6 Å². The number of ether oxygens (including phenoxy) is 2. The van der Waals surface area contributed by atoms with Crippen LogP contribution < -0.4 is 19.1 Å². The molecule has 3 aliphatic rings. The monoisotopic (exact) mass is 701 g/mol. The highest BCUT2D eigenvalue weighted by molar-refractivity contribution is 7.93. The average molecular weight is 702 g/mol. The lowest BCUT2D eigenvalue weighted by Crippen LogP contribution is -2.61. The predicted octanol–water partition coefficient (Wildman–Crippen LogP) is 3.54. The zero-order valence-electron chi connectivity index (χ0n) is 28.8. The van der Waals surface area contributed by atoms with E-state index in [-0.39, 0.29) is 45.5 Å².